The van der Waals surface area contributed by atoms with Crippen molar-refractivity contribution in [2.75, 3.05) is 24.6 Å². The summed E-state index contributed by atoms with van der Waals surface area (Å²) in [5, 5.41) is 0. The van der Waals surface area contributed by atoms with Crippen LogP contribution in [0.2, 0.25) is 0 Å². The highest BCUT2D eigenvalue weighted by Gasteiger charge is 2.62. The summed E-state index contributed by atoms with van der Waals surface area (Å²) < 4.78 is 78.8. The fraction of sp³-hybridized carbons (Fsp3) is 0.379. The number of alkyl halides is 5. The van der Waals surface area contributed by atoms with Crippen LogP contribution in [0.1, 0.15) is 36.7 Å². The Morgan fingerprint density at radius 2 is 1.74 bits per heavy atom. The average molecular weight is 590 g/mol. The summed E-state index contributed by atoms with van der Waals surface area (Å²) in [6.07, 6.45) is -0.328. The van der Waals surface area contributed by atoms with Crippen LogP contribution in [-0.4, -0.2) is 57.8 Å². The van der Waals surface area contributed by atoms with Crippen molar-refractivity contribution in [3.05, 3.63) is 71.9 Å². The highest BCUT2D eigenvalue weighted by molar-refractivity contribution is 5.78. The van der Waals surface area contributed by atoms with Gasteiger partial charge in [0.1, 0.15) is 11.4 Å². The third kappa shape index (κ3) is 5.59. The van der Waals surface area contributed by atoms with Gasteiger partial charge >= 0.3 is 18.8 Å². The molecule has 0 N–H and O–H groups in total. The number of benzene rings is 1. The topological polar surface area (TPSA) is 81.8 Å². The molecule has 4 aromatic rings. The number of imidazole rings is 1. The van der Waals surface area contributed by atoms with E-state index in [1.54, 1.807) is 35.5 Å². The van der Waals surface area contributed by atoms with Crippen LogP contribution in [0.15, 0.2) is 55.0 Å². The van der Waals surface area contributed by atoms with Crippen LogP contribution in [0.5, 0.6) is 5.75 Å². The van der Waals surface area contributed by atoms with Gasteiger partial charge in [-0.25, -0.2) is 15.0 Å². The highest BCUT2D eigenvalue weighted by atomic mass is 19.4. The number of aromatic nitrogens is 4. The molecule has 5 rings (SSSR count). The third-order valence-electron chi connectivity index (χ3n) is 7.54. The van der Waals surface area contributed by atoms with Gasteiger partial charge in [0.2, 0.25) is 5.95 Å². The van der Waals surface area contributed by atoms with E-state index in [1.165, 1.54) is 13.0 Å². The van der Waals surface area contributed by atoms with E-state index in [0.29, 0.717) is 23.2 Å². The van der Waals surface area contributed by atoms with Crippen molar-refractivity contribution in [1.82, 2.24) is 19.4 Å². The monoisotopic (exact) mass is 589 g/mol. The van der Waals surface area contributed by atoms with E-state index < -0.39 is 37.0 Å². The molecule has 222 valence electrons. The number of halogens is 5. The van der Waals surface area contributed by atoms with E-state index in [-0.39, 0.29) is 31.4 Å². The summed E-state index contributed by atoms with van der Waals surface area (Å²) in [7, 11) is 0. The molecular formula is C29H28F5N5O3. The van der Waals surface area contributed by atoms with Crippen molar-refractivity contribution >= 4 is 17.6 Å². The standard InChI is InChI=1S/C29H28F5N5O3/c1-3-41-25(40)28(29(32,33)34)10-12-38(13-11-28)27-35-15-21(16-36-27)20-8-9-24-37-18(2)22(39(24)17-20)14-19-6-4-5-7-23(19)42-26(30)31/h4-9,15-17,26H,3,10-14H2,1-2H3. The van der Waals surface area contributed by atoms with Crippen LogP contribution in [-0.2, 0) is 16.0 Å². The Labute approximate surface area is 238 Å². The molecule has 0 amide bonds. The van der Waals surface area contributed by atoms with Gasteiger partial charge in [0.05, 0.1) is 12.3 Å². The smallest absolute Gasteiger partial charge is 0.405 e. The molecule has 0 bridgehead atoms. The molecule has 0 saturated carbocycles. The lowest BCUT2D eigenvalue weighted by molar-refractivity contribution is -0.239. The first kappa shape index (κ1) is 29.2. The molecular weight excluding hydrogens is 561 g/mol. The number of fused-ring (bicyclic) bond motifs is 1. The van der Waals surface area contributed by atoms with E-state index in [4.69, 9.17) is 4.74 Å². The van der Waals surface area contributed by atoms with E-state index in [9.17, 15) is 26.7 Å². The number of hydrogen-bond acceptors (Lipinski definition) is 7. The minimum atomic E-state index is -4.72. The van der Waals surface area contributed by atoms with Crippen molar-refractivity contribution in [2.24, 2.45) is 5.41 Å². The first-order chi connectivity index (χ1) is 20.0. The molecule has 42 heavy (non-hydrogen) atoms. The van der Waals surface area contributed by atoms with E-state index in [0.717, 1.165) is 17.0 Å². The van der Waals surface area contributed by atoms with Gasteiger partial charge in [0, 0.05) is 60.5 Å². The number of esters is 1. The predicted molar refractivity (Wildman–Crippen MR) is 143 cm³/mol. The molecule has 0 spiro atoms. The average Bonchev–Trinajstić information content (AvgIpc) is 3.27. The van der Waals surface area contributed by atoms with E-state index in [2.05, 4.69) is 19.7 Å². The zero-order valence-corrected chi connectivity index (χ0v) is 22.9. The lowest BCUT2D eigenvalue weighted by Crippen LogP contribution is -2.53. The fourth-order valence-corrected chi connectivity index (χ4v) is 5.23. The first-order valence-electron chi connectivity index (χ1n) is 13.3. The number of carbonyl (C=O) groups excluding carboxylic acids is 1. The summed E-state index contributed by atoms with van der Waals surface area (Å²) >= 11 is 0. The Morgan fingerprint density at radius 1 is 1.05 bits per heavy atom. The number of piperidine rings is 1. The Kier molecular flexibility index (Phi) is 8.02. The summed E-state index contributed by atoms with van der Waals surface area (Å²) in [6, 6.07) is 10.2. The molecule has 0 aliphatic carbocycles. The molecule has 0 radical (unpaired) electrons. The van der Waals surface area contributed by atoms with Crippen LogP contribution < -0.4 is 9.64 Å². The SMILES string of the molecule is CCOC(=O)C1(C(F)(F)F)CCN(c2ncc(-c3ccc4nc(C)c(Cc5ccccc5OC(F)F)n4c3)cn2)CC1. The molecule has 1 aliphatic rings. The number of ether oxygens (including phenoxy) is 2. The second-order valence-corrected chi connectivity index (χ2v) is 10.0. The number of pyridine rings is 1. The summed E-state index contributed by atoms with van der Waals surface area (Å²) in [6.45, 7) is 0.126. The number of aryl methyl sites for hydroxylation is 1. The van der Waals surface area contributed by atoms with E-state index >= 15 is 0 Å². The molecule has 1 aliphatic heterocycles. The van der Waals surface area contributed by atoms with Gasteiger partial charge in [-0.2, -0.15) is 22.0 Å². The maximum Gasteiger partial charge on any atom is 0.405 e. The Morgan fingerprint density at radius 3 is 2.38 bits per heavy atom. The maximum absolute atomic E-state index is 13.9. The van der Waals surface area contributed by atoms with Crippen LogP contribution in [0.4, 0.5) is 27.9 Å². The summed E-state index contributed by atoms with van der Waals surface area (Å²) in [4.78, 5) is 27.2. The van der Waals surface area contributed by atoms with Gasteiger partial charge in [0.25, 0.3) is 0 Å². The molecule has 13 heteroatoms. The largest absolute Gasteiger partial charge is 0.465 e. The van der Waals surface area contributed by atoms with Crippen LogP contribution >= 0.6 is 0 Å². The van der Waals surface area contributed by atoms with Crippen LogP contribution in [0, 0.1) is 12.3 Å². The quantitative estimate of drug-likeness (QED) is 0.184. The van der Waals surface area contributed by atoms with Crippen LogP contribution in [0.25, 0.3) is 16.8 Å². The lowest BCUT2D eigenvalue weighted by Gasteiger charge is -2.40. The number of carbonyl (C=O) groups is 1. The molecule has 4 heterocycles. The molecule has 1 saturated heterocycles. The van der Waals surface area contributed by atoms with Crippen molar-refractivity contribution in [2.45, 2.75) is 45.9 Å². The van der Waals surface area contributed by atoms with Gasteiger partial charge in [-0.1, -0.05) is 18.2 Å². The predicted octanol–water partition coefficient (Wildman–Crippen LogP) is 6.00. The number of anilines is 1. The van der Waals surface area contributed by atoms with Gasteiger partial charge in [-0.3, -0.25) is 4.79 Å². The van der Waals surface area contributed by atoms with Gasteiger partial charge < -0.3 is 18.8 Å². The molecule has 0 atom stereocenters. The summed E-state index contributed by atoms with van der Waals surface area (Å²) in [5.74, 6) is -0.897. The molecule has 1 fully saturated rings. The Balaban J connectivity index is 1.36. The molecule has 0 unspecified atom stereocenters. The molecule has 1 aromatic carbocycles. The first-order valence-corrected chi connectivity index (χ1v) is 13.3. The van der Waals surface area contributed by atoms with Gasteiger partial charge in [-0.15, -0.1) is 0 Å². The lowest BCUT2D eigenvalue weighted by atomic mass is 9.77. The van der Waals surface area contributed by atoms with Gasteiger partial charge in [0.15, 0.2) is 5.41 Å². The molecule has 8 nitrogen and oxygen atoms in total. The second-order valence-electron chi connectivity index (χ2n) is 10.0. The minimum Gasteiger partial charge on any atom is -0.465 e. The minimum absolute atomic E-state index is 0.0575. The number of nitrogens with zero attached hydrogens (tertiary/aromatic N) is 5. The fourth-order valence-electron chi connectivity index (χ4n) is 5.23. The summed E-state index contributed by atoms with van der Waals surface area (Å²) in [5.41, 5.74) is 1.64. The van der Waals surface area contributed by atoms with Gasteiger partial charge in [-0.05, 0) is 44.9 Å². The Bertz CT molecular complexity index is 1560. The van der Waals surface area contributed by atoms with Crippen molar-refractivity contribution in [1.29, 1.82) is 0 Å². The van der Waals surface area contributed by atoms with Crippen molar-refractivity contribution in [3.8, 4) is 16.9 Å². The normalized spacial score (nSPS) is 15.3. The van der Waals surface area contributed by atoms with Crippen molar-refractivity contribution in [3.63, 3.8) is 0 Å². The van der Waals surface area contributed by atoms with E-state index in [1.807, 2.05) is 29.7 Å². The molecule has 3 aromatic heterocycles. The zero-order chi connectivity index (χ0) is 30.1. The van der Waals surface area contributed by atoms with Crippen LogP contribution in [0.3, 0.4) is 0 Å². The van der Waals surface area contributed by atoms with Crippen molar-refractivity contribution < 1.29 is 36.2 Å². The third-order valence-corrected chi connectivity index (χ3v) is 7.54. The second kappa shape index (κ2) is 11.5. The number of rotatable bonds is 8. The zero-order valence-electron chi connectivity index (χ0n) is 22.9. The Hall–Kier alpha value is -4.29. The number of hydrogen-bond donors (Lipinski definition) is 0. The highest BCUT2D eigenvalue weighted by Crippen LogP contribution is 2.47. The number of para-hydroxylation sites is 1. The maximum atomic E-state index is 13.9.